The Morgan fingerprint density at radius 2 is 1.71 bits per heavy atom. The van der Waals surface area contributed by atoms with Gasteiger partial charge >= 0.3 is 6.18 Å². The van der Waals surface area contributed by atoms with Crippen molar-refractivity contribution in [3.63, 3.8) is 0 Å². The first-order valence-electron chi connectivity index (χ1n) is 7.99. The van der Waals surface area contributed by atoms with E-state index in [1.165, 1.54) is 36.4 Å². The SMILES string of the molecule is O=[N+]([O-])c1ccccc1/C=C/c1nc2ccccc2n2c(C(F)(F)F)nnc12. The number of nitrogens with zero attached hydrogens (tertiary/aromatic N) is 5. The van der Waals surface area contributed by atoms with Gasteiger partial charge in [-0.05, 0) is 30.4 Å². The van der Waals surface area contributed by atoms with Crippen molar-refractivity contribution in [3.05, 3.63) is 75.7 Å². The first-order chi connectivity index (χ1) is 13.4. The van der Waals surface area contributed by atoms with Gasteiger partial charge in [-0.25, -0.2) is 4.98 Å². The summed E-state index contributed by atoms with van der Waals surface area (Å²) in [4.78, 5) is 14.9. The van der Waals surface area contributed by atoms with Crippen molar-refractivity contribution >= 4 is 34.5 Å². The van der Waals surface area contributed by atoms with Gasteiger partial charge in [-0.15, -0.1) is 10.2 Å². The lowest BCUT2D eigenvalue weighted by atomic mass is 10.1. The van der Waals surface area contributed by atoms with E-state index >= 15 is 0 Å². The van der Waals surface area contributed by atoms with E-state index in [2.05, 4.69) is 15.2 Å². The zero-order valence-corrected chi connectivity index (χ0v) is 14.0. The van der Waals surface area contributed by atoms with Crippen molar-refractivity contribution in [3.8, 4) is 0 Å². The molecule has 4 aromatic rings. The summed E-state index contributed by atoms with van der Waals surface area (Å²) >= 11 is 0. The fourth-order valence-electron chi connectivity index (χ4n) is 2.86. The van der Waals surface area contributed by atoms with Gasteiger partial charge in [-0.2, -0.15) is 13.2 Å². The second-order valence-corrected chi connectivity index (χ2v) is 5.82. The molecule has 0 aliphatic heterocycles. The lowest BCUT2D eigenvalue weighted by molar-refractivity contribution is -0.385. The van der Waals surface area contributed by atoms with Crippen molar-refractivity contribution in [2.75, 3.05) is 0 Å². The molecule has 28 heavy (non-hydrogen) atoms. The number of hydrogen-bond acceptors (Lipinski definition) is 5. The molecule has 0 saturated heterocycles. The number of nitro benzene ring substituents is 1. The molecule has 0 spiro atoms. The summed E-state index contributed by atoms with van der Waals surface area (Å²) in [5.41, 5.74) is 0.685. The predicted molar refractivity (Wildman–Crippen MR) is 95.3 cm³/mol. The number of benzene rings is 2. The fourth-order valence-corrected chi connectivity index (χ4v) is 2.86. The van der Waals surface area contributed by atoms with Crippen LogP contribution < -0.4 is 0 Å². The molecule has 0 amide bonds. The maximum Gasteiger partial charge on any atom is 0.452 e. The molecule has 10 heteroatoms. The van der Waals surface area contributed by atoms with Gasteiger partial charge in [-0.1, -0.05) is 24.3 Å². The van der Waals surface area contributed by atoms with E-state index in [1.54, 1.807) is 24.3 Å². The molecule has 0 unspecified atom stereocenters. The van der Waals surface area contributed by atoms with E-state index in [9.17, 15) is 23.3 Å². The van der Waals surface area contributed by atoms with Crippen LogP contribution >= 0.6 is 0 Å². The van der Waals surface area contributed by atoms with E-state index in [0.29, 0.717) is 5.52 Å². The minimum Gasteiger partial charge on any atom is -0.268 e. The average molecular weight is 385 g/mol. The zero-order valence-electron chi connectivity index (χ0n) is 14.0. The van der Waals surface area contributed by atoms with Crippen LogP contribution in [0.25, 0.3) is 28.8 Å². The standard InChI is InChI=1S/C18H10F3N5O2/c19-18(20,21)17-24-23-16-13(22-12-6-2-4-8-15(12)25(16)17)10-9-11-5-1-3-7-14(11)26(27)28/h1-10H/b10-9+. The van der Waals surface area contributed by atoms with Gasteiger partial charge in [0.1, 0.15) is 5.69 Å². The normalized spacial score (nSPS) is 12.2. The Bertz CT molecular complexity index is 1250. The number of fused-ring (bicyclic) bond motifs is 3. The maximum atomic E-state index is 13.4. The minimum atomic E-state index is -4.71. The number of aromatic nitrogens is 4. The molecule has 0 saturated carbocycles. The van der Waals surface area contributed by atoms with E-state index in [1.807, 2.05) is 0 Å². The third-order valence-electron chi connectivity index (χ3n) is 4.06. The molecular weight excluding hydrogens is 375 g/mol. The molecule has 0 aliphatic rings. The lowest BCUT2D eigenvalue weighted by Gasteiger charge is -2.08. The van der Waals surface area contributed by atoms with Crippen molar-refractivity contribution in [2.24, 2.45) is 0 Å². The van der Waals surface area contributed by atoms with Gasteiger partial charge < -0.3 is 0 Å². The summed E-state index contributed by atoms with van der Waals surface area (Å²) in [6, 6.07) is 12.3. The van der Waals surface area contributed by atoms with Gasteiger partial charge in [0.2, 0.25) is 5.82 Å². The van der Waals surface area contributed by atoms with Gasteiger partial charge in [0.25, 0.3) is 5.69 Å². The zero-order chi connectivity index (χ0) is 19.9. The second kappa shape index (κ2) is 6.41. The van der Waals surface area contributed by atoms with Crippen LogP contribution in [0.2, 0.25) is 0 Å². The Morgan fingerprint density at radius 1 is 1.00 bits per heavy atom. The van der Waals surface area contributed by atoms with Crippen LogP contribution in [0.15, 0.2) is 48.5 Å². The average Bonchev–Trinajstić information content (AvgIpc) is 3.12. The number of alkyl halides is 3. The summed E-state index contributed by atoms with van der Waals surface area (Å²) in [6.45, 7) is 0. The van der Waals surface area contributed by atoms with Crippen molar-refractivity contribution in [1.29, 1.82) is 0 Å². The number of hydrogen-bond donors (Lipinski definition) is 0. The van der Waals surface area contributed by atoms with Gasteiger partial charge in [-0.3, -0.25) is 14.5 Å². The van der Waals surface area contributed by atoms with Crippen LogP contribution in [0.3, 0.4) is 0 Å². The molecule has 0 N–H and O–H groups in total. The van der Waals surface area contributed by atoms with E-state index in [-0.39, 0.29) is 28.1 Å². The topological polar surface area (TPSA) is 86.2 Å². The van der Waals surface area contributed by atoms with E-state index < -0.39 is 16.9 Å². The van der Waals surface area contributed by atoms with Gasteiger partial charge in [0.05, 0.1) is 21.5 Å². The molecule has 140 valence electrons. The van der Waals surface area contributed by atoms with E-state index in [0.717, 1.165) is 4.40 Å². The Balaban J connectivity index is 1.95. The summed E-state index contributed by atoms with van der Waals surface area (Å²) in [7, 11) is 0. The quantitative estimate of drug-likeness (QED) is 0.386. The van der Waals surface area contributed by atoms with Crippen LogP contribution in [-0.4, -0.2) is 24.5 Å². The molecule has 4 rings (SSSR count). The van der Waals surface area contributed by atoms with Crippen LogP contribution in [0.1, 0.15) is 17.1 Å². The highest BCUT2D eigenvalue weighted by Crippen LogP contribution is 2.31. The molecule has 0 aliphatic carbocycles. The first kappa shape index (κ1) is 17.6. The second-order valence-electron chi connectivity index (χ2n) is 5.82. The first-order valence-corrected chi connectivity index (χ1v) is 7.99. The third kappa shape index (κ3) is 2.94. The van der Waals surface area contributed by atoms with Crippen molar-refractivity contribution in [2.45, 2.75) is 6.18 Å². The highest BCUT2D eigenvalue weighted by Gasteiger charge is 2.38. The fraction of sp³-hybridized carbons (Fsp3) is 0.0556. The number of para-hydroxylation sites is 3. The molecule has 2 aromatic carbocycles. The molecule has 0 atom stereocenters. The highest BCUT2D eigenvalue weighted by molar-refractivity contribution is 5.84. The van der Waals surface area contributed by atoms with Crippen molar-refractivity contribution in [1.82, 2.24) is 19.6 Å². The van der Waals surface area contributed by atoms with Crippen LogP contribution in [-0.2, 0) is 6.18 Å². The van der Waals surface area contributed by atoms with Gasteiger partial charge in [0, 0.05) is 6.07 Å². The Hall–Kier alpha value is -3.82. The predicted octanol–water partition coefficient (Wildman–Crippen LogP) is 4.37. The molecule has 0 fully saturated rings. The number of halogens is 3. The smallest absolute Gasteiger partial charge is 0.268 e. The third-order valence-corrected chi connectivity index (χ3v) is 4.06. The Labute approximate surface area is 154 Å². The summed E-state index contributed by atoms with van der Waals surface area (Å²) in [5, 5.41) is 18.1. The van der Waals surface area contributed by atoms with E-state index in [4.69, 9.17) is 0 Å². The lowest BCUT2D eigenvalue weighted by Crippen LogP contribution is -2.11. The van der Waals surface area contributed by atoms with Gasteiger partial charge in [0.15, 0.2) is 5.65 Å². The molecule has 0 radical (unpaired) electrons. The Kier molecular flexibility index (Phi) is 4.03. The molecule has 7 nitrogen and oxygen atoms in total. The summed E-state index contributed by atoms with van der Waals surface area (Å²) in [6.07, 6.45) is -1.90. The largest absolute Gasteiger partial charge is 0.452 e. The number of nitro groups is 1. The van der Waals surface area contributed by atoms with Crippen molar-refractivity contribution < 1.29 is 18.1 Å². The molecule has 2 heterocycles. The molecule has 2 aromatic heterocycles. The monoisotopic (exact) mass is 385 g/mol. The Morgan fingerprint density at radius 3 is 2.46 bits per heavy atom. The van der Waals surface area contributed by atoms with Crippen LogP contribution in [0.4, 0.5) is 18.9 Å². The van der Waals surface area contributed by atoms with Crippen LogP contribution in [0.5, 0.6) is 0 Å². The summed E-state index contributed by atoms with van der Waals surface area (Å²) < 4.78 is 41.0. The van der Waals surface area contributed by atoms with Crippen LogP contribution in [0, 0.1) is 10.1 Å². The highest BCUT2D eigenvalue weighted by atomic mass is 19.4. The molecule has 0 bridgehead atoms. The molecular formula is C18H10F3N5O2. The minimum absolute atomic E-state index is 0.0964. The summed E-state index contributed by atoms with van der Waals surface area (Å²) in [5.74, 6) is -1.17. The maximum absolute atomic E-state index is 13.4. The number of rotatable bonds is 3.